The normalized spacial score (nSPS) is 22.5. The molecule has 1 saturated heterocycles. The first kappa shape index (κ1) is 17.1. The van der Waals surface area contributed by atoms with Crippen molar-refractivity contribution in [3.05, 3.63) is 0 Å². The van der Waals surface area contributed by atoms with Crippen molar-refractivity contribution >= 4 is 22.4 Å². The summed E-state index contributed by atoms with van der Waals surface area (Å²) >= 11 is 0. The maximum absolute atomic E-state index is 11.9. The fourth-order valence-electron chi connectivity index (χ4n) is 1.74. The van der Waals surface area contributed by atoms with Crippen LogP contribution in [0, 0.1) is 0 Å². The minimum atomic E-state index is -3.18. The van der Waals surface area contributed by atoms with Gasteiger partial charge in [0.05, 0.1) is 18.5 Å². The van der Waals surface area contributed by atoms with E-state index in [1.54, 1.807) is 0 Å². The number of sulfonamides is 1. The zero-order valence-electron chi connectivity index (χ0n) is 10.5. The van der Waals surface area contributed by atoms with Crippen molar-refractivity contribution in [2.45, 2.75) is 38.8 Å². The molecule has 1 unspecified atom stereocenters. The zero-order valence-corrected chi connectivity index (χ0v) is 12.1. The molecule has 1 rings (SSSR count). The highest BCUT2D eigenvalue weighted by Gasteiger charge is 2.26. The van der Waals surface area contributed by atoms with E-state index in [0.717, 1.165) is 12.8 Å². The summed E-state index contributed by atoms with van der Waals surface area (Å²) in [5.74, 6) is 0.0535. The van der Waals surface area contributed by atoms with Crippen LogP contribution in [0.2, 0.25) is 0 Å². The van der Waals surface area contributed by atoms with Gasteiger partial charge in [-0.15, -0.1) is 12.4 Å². The van der Waals surface area contributed by atoms with Gasteiger partial charge in [0, 0.05) is 19.1 Å². The van der Waals surface area contributed by atoms with Crippen LogP contribution in [0.3, 0.4) is 0 Å². The molecule has 0 aromatic heterocycles. The van der Waals surface area contributed by atoms with Crippen molar-refractivity contribution in [3.8, 4) is 0 Å². The van der Waals surface area contributed by atoms with E-state index in [1.165, 1.54) is 4.31 Å². The molecular formula is C10H23ClN2O3S. The standard InChI is InChI=1S/C10H22N2O3S.ClH/c1-9(2)15-6-7-16(13,14)12-5-3-4-10(11)8-12;/h9-10H,3-8,11H2,1-2H3;1H. The van der Waals surface area contributed by atoms with E-state index >= 15 is 0 Å². The van der Waals surface area contributed by atoms with Crippen LogP contribution in [0.5, 0.6) is 0 Å². The highest BCUT2D eigenvalue weighted by Crippen LogP contribution is 2.13. The Balaban J connectivity index is 0.00000256. The first-order valence-corrected chi connectivity index (χ1v) is 7.38. The lowest BCUT2D eigenvalue weighted by Crippen LogP contribution is -2.46. The van der Waals surface area contributed by atoms with E-state index in [9.17, 15) is 8.42 Å². The van der Waals surface area contributed by atoms with Crippen LogP contribution in [0.1, 0.15) is 26.7 Å². The molecule has 1 aliphatic heterocycles. The maximum Gasteiger partial charge on any atom is 0.216 e. The predicted octanol–water partition coefficient (Wildman–Crippen LogP) is 0.586. The molecule has 7 heteroatoms. The first-order valence-electron chi connectivity index (χ1n) is 5.77. The molecular weight excluding hydrogens is 264 g/mol. The van der Waals surface area contributed by atoms with E-state index in [4.69, 9.17) is 10.5 Å². The Morgan fingerprint density at radius 3 is 2.65 bits per heavy atom. The lowest BCUT2D eigenvalue weighted by molar-refractivity contribution is 0.0905. The van der Waals surface area contributed by atoms with Gasteiger partial charge < -0.3 is 10.5 Å². The van der Waals surface area contributed by atoms with Gasteiger partial charge in [-0.3, -0.25) is 0 Å². The first-order chi connectivity index (χ1) is 7.42. The number of ether oxygens (including phenoxy) is 1. The zero-order chi connectivity index (χ0) is 12.2. The Morgan fingerprint density at radius 2 is 2.12 bits per heavy atom. The lowest BCUT2D eigenvalue weighted by atomic mass is 10.1. The summed E-state index contributed by atoms with van der Waals surface area (Å²) in [5, 5.41) is 0. The van der Waals surface area contributed by atoms with Gasteiger partial charge in [-0.05, 0) is 26.7 Å². The summed E-state index contributed by atoms with van der Waals surface area (Å²) in [6.45, 7) is 5.08. The van der Waals surface area contributed by atoms with Gasteiger partial charge in [-0.25, -0.2) is 12.7 Å². The molecule has 0 amide bonds. The minimum Gasteiger partial charge on any atom is -0.378 e. The number of piperidine rings is 1. The second-order valence-electron chi connectivity index (χ2n) is 4.50. The molecule has 104 valence electrons. The third-order valence-electron chi connectivity index (χ3n) is 2.61. The number of hydrogen-bond acceptors (Lipinski definition) is 4. The molecule has 0 spiro atoms. The van der Waals surface area contributed by atoms with Crippen LogP contribution < -0.4 is 5.73 Å². The monoisotopic (exact) mass is 286 g/mol. The number of rotatable bonds is 5. The molecule has 1 heterocycles. The average molecular weight is 287 g/mol. The van der Waals surface area contributed by atoms with Gasteiger partial charge in [0.15, 0.2) is 0 Å². The van der Waals surface area contributed by atoms with Crippen LogP contribution in [-0.4, -0.2) is 50.3 Å². The van der Waals surface area contributed by atoms with Crippen molar-refractivity contribution in [2.24, 2.45) is 5.73 Å². The summed E-state index contributed by atoms with van der Waals surface area (Å²) in [6.07, 6.45) is 1.83. The van der Waals surface area contributed by atoms with Crippen LogP contribution in [0.15, 0.2) is 0 Å². The van der Waals surface area contributed by atoms with Gasteiger partial charge in [0.1, 0.15) is 0 Å². The predicted molar refractivity (Wildman–Crippen MR) is 70.9 cm³/mol. The van der Waals surface area contributed by atoms with E-state index in [1.807, 2.05) is 13.8 Å². The highest BCUT2D eigenvalue weighted by molar-refractivity contribution is 7.89. The molecule has 0 radical (unpaired) electrons. The second kappa shape index (κ2) is 7.53. The van der Waals surface area contributed by atoms with E-state index in [2.05, 4.69) is 0 Å². The molecule has 0 saturated carbocycles. The number of nitrogens with two attached hydrogens (primary N) is 1. The van der Waals surface area contributed by atoms with E-state index in [0.29, 0.717) is 13.1 Å². The Morgan fingerprint density at radius 1 is 1.47 bits per heavy atom. The summed E-state index contributed by atoms with van der Waals surface area (Å²) < 4.78 is 30.6. The van der Waals surface area contributed by atoms with Gasteiger partial charge in [-0.1, -0.05) is 0 Å². The van der Waals surface area contributed by atoms with E-state index < -0.39 is 10.0 Å². The van der Waals surface area contributed by atoms with Crippen molar-refractivity contribution < 1.29 is 13.2 Å². The largest absolute Gasteiger partial charge is 0.378 e. The average Bonchev–Trinajstić information content (AvgIpc) is 2.16. The molecule has 0 aliphatic carbocycles. The van der Waals surface area contributed by atoms with Crippen LogP contribution >= 0.6 is 12.4 Å². The molecule has 5 nitrogen and oxygen atoms in total. The van der Waals surface area contributed by atoms with Crippen molar-refractivity contribution in [3.63, 3.8) is 0 Å². The fraction of sp³-hybridized carbons (Fsp3) is 1.00. The van der Waals surface area contributed by atoms with Crippen molar-refractivity contribution in [1.82, 2.24) is 4.31 Å². The Kier molecular flexibility index (Phi) is 7.58. The number of nitrogens with zero attached hydrogens (tertiary/aromatic N) is 1. The van der Waals surface area contributed by atoms with Crippen LogP contribution in [0.4, 0.5) is 0 Å². The smallest absolute Gasteiger partial charge is 0.216 e. The molecule has 0 aromatic rings. The van der Waals surface area contributed by atoms with Crippen LogP contribution in [0.25, 0.3) is 0 Å². The fourth-order valence-corrected chi connectivity index (χ4v) is 3.14. The highest BCUT2D eigenvalue weighted by atomic mass is 35.5. The summed E-state index contributed by atoms with van der Waals surface area (Å²) in [4.78, 5) is 0. The van der Waals surface area contributed by atoms with E-state index in [-0.39, 0.29) is 36.9 Å². The second-order valence-corrected chi connectivity index (χ2v) is 6.58. The van der Waals surface area contributed by atoms with Gasteiger partial charge >= 0.3 is 0 Å². The van der Waals surface area contributed by atoms with Gasteiger partial charge in [0.25, 0.3) is 0 Å². The molecule has 0 aromatic carbocycles. The number of hydrogen-bond donors (Lipinski definition) is 1. The minimum absolute atomic E-state index is 0. The molecule has 0 bridgehead atoms. The van der Waals surface area contributed by atoms with Gasteiger partial charge in [0.2, 0.25) is 10.0 Å². The van der Waals surface area contributed by atoms with Gasteiger partial charge in [-0.2, -0.15) is 0 Å². The third kappa shape index (κ3) is 6.01. The lowest BCUT2D eigenvalue weighted by Gasteiger charge is -2.29. The Hall–Kier alpha value is 0.120. The Bertz CT molecular complexity index is 309. The number of halogens is 1. The SMILES string of the molecule is CC(C)OCCS(=O)(=O)N1CCCC(N)C1.Cl. The molecule has 17 heavy (non-hydrogen) atoms. The Labute approximate surface area is 110 Å². The summed E-state index contributed by atoms with van der Waals surface area (Å²) in [5.41, 5.74) is 5.76. The van der Waals surface area contributed by atoms with Crippen molar-refractivity contribution in [2.75, 3.05) is 25.4 Å². The molecule has 2 N–H and O–H groups in total. The maximum atomic E-state index is 11.9. The third-order valence-corrected chi connectivity index (χ3v) is 4.41. The molecule has 1 atom stereocenters. The molecule has 1 fully saturated rings. The topological polar surface area (TPSA) is 72.6 Å². The molecule has 1 aliphatic rings. The van der Waals surface area contributed by atoms with Crippen LogP contribution in [-0.2, 0) is 14.8 Å². The van der Waals surface area contributed by atoms with Crippen molar-refractivity contribution in [1.29, 1.82) is 0 Å². The summed E-state index contributed by atoms with van der Waals surface area (Å²) in [7, 11) is -3.18. The summed E-state index contributed by atoms with van der Waals surface area (Å²) in [6, 6.07) is -0.0189. The quantitative estimate of drug-likeness (QED) is 0.803.